The highest BCUT2D eigenvalue weighted by Crippen LogP contribution is 2.22. The summed E-state index contributed by atoms with van der Waals surface area (Å²) in [5.74, 6) is 0.955. The van der Waals surface area contributed by atoms with Crippen LogP contribution in [0.25, 0.3) is 0 Å². The molecule has 0 spiro atoms. The molecule has 0 saturated carbocycles. The van der Waals surface area contributed by atoms with Crippen molar-refractivity contribution in [3.05, 3.63) is 24.5 Å². The normalized spacial score (nSPS) is 25.3. The molecule has 2 saturated heterocycles. The van der Waals surface area contributed by atoms with Crippen molar-refractivity contribution in [1.82, 2.24) is 14.8 Å². The van der Waals surface area contributed by atoms with E-state index in [1.807, 2.05) is 12.1 Å². The molecule has 3 rings (SSSR count). The molecular weight excluding hydrogens is 262 g/mol. The highest BCUT2D eigenvalue weighted by atomic mass is 16.5. The minimum atomic E-state index is 0.370. The summed E-state index contributed by atoms with van der Waals surface area (Å²) in [4.78, 5) is 9.30. The Hall–Kier alpha value is -1.13. The predicted molar refractivity (Wildman–Crippen MR) is 84.6 cm³/mol. The average Bonchev–Trinajstić information content (AvgIpc) is 2.97. The quantitative estimate of drug-likeness (QED) is 0.832. The molecule has 1 aromatic heterocycles. The highest BCUT2D eigenvalue weighted by Gasteiger charge is 2.27. The molecule has 2 aliphatic rings. The van der Waals surface area contributed by atoms with E-state index < -0.39 is 0 Å². The first-order valence-electron chi connectivity index (χ1n) is 8.38. The topological polar surface area (TPSA) is 28.6 Å². The third-order valence-electron chi connectivity index (χ3n) is 4.86. The van der Waals surface area contributed by atoms with Crippen LogP contribution in [0.3, 0.4) is 0 Å². The van der Waals surface area contributed by atoms with Gasteiger partial charge in [-0.3, -0.25) is 9.88 Å². The van der Waals surface area contributed by atoms with E-state index in [0.717, 1.165) is 24.6 Å². The van der Waals surface area contributed by atoms with Gasteiger partial charge in [0.2, 0.25) is 0 Å². The van der Waals surface area contributed by atoms with Crippen molar-refractivity contribution < 1.29 is 4.74 Å². The minimum absolute atomic E-state index is 0.370. The van der Waals surface area contributed by atoms with E-state index in [0.29, 0.717) is 6.10 Å². The molecule has 4 heteroatoms. The van der Waals surface area contributed by atoms with Gasteiger partial charge in [-0.15, -0.1) is 0 Å². The van der Waals surface area contributed by atoms with Crippen LogP contribution in [0.15, 0.2) is 24.5 Å². The molecule has 3 heterocycles. The summed E-state index contributed by atoms with van der Waals surface area (Å²) in [5, 5.41) is 0. The number of likely N-dealkylation sites (N-methyl/N-ethyl adjacent to an activating group) is 1. The van der Waals surface area contributed by atoms with E-state index in [2.05, 4.69) is 21.7 Å². The number of piperidine rings is 1. The Morgan fingerprint density at radius 2 is 1.90 bits per heavy atom. The van der Waals surface area contributed by atoms with Gasteiger partial charge in [0.15, 0.2) is 0 Å². The Morgan fingerprint density at radius 3 is 2.62 bits per heavy atom. The molecule has 0 aliphatic carbocycles. The molecule has 1 atom stereocenters. The molecule has 0 radical (unpaired) electrons. The van der Waals surface area contributed by atoms with Crippen LogP contribution in [0.2, 0.25) is 0 Å². The Labute approximate surface area is 128 Å². The number of nitrogens with zero attached hydrogens (tertiary/aromatic N) is 3. The molecule has 0 aromatic carbocycles. The van der Waals surface area contributed by atoms with Gasteiger partial charge in [-0.1, -0.05) is 6.92 Å². The summed E-state index contributed by atoms with van der Waals surface area (Å²) in [7, 11) is 0. The summed E-state index contributed by atoms with van der Waals surface area (Å²) in [5.41, 5.74) is 0. The zero-order valence-corrected chi connectivity index (χ0v) is 13.1. The van der Waals surface area contributed by atoms with Gasteiger partial charge in [-0.2, -0.15) is 0 Å². The Bertz CT molecular complexity index is 417. The first-order valence-corrected chi connectivity index (χ1v) is 8.38. The molecule has 0 bridgehead atoms. The third-order valence-corrected chi connectivity index (χ3v) is 4.86. The number of rotatable bonds is 5. The van der Waals surface area contributed by atoms with Crippen LogP contribution in [-0.4, -0.2) is 59.7 Å². The van der Waals surface area contributed by atoms with Crippen molar-refractivity contribution in [2.75, 3.05) is 32.7 Å². The molecule has 116 valence electrons. The fraction of sp³-hybridized carbons (Fsp3) is 0.706. The monoisotopic (exact) mass is 289 g/mol. The van der Waals surface area contributed by atoms with E-state index in [9.17, 15) is 0 Å². The lowest BCUT2D eigenvalue weighted by Crippen LogP contribution is -2.45. The first-order chi connectivity index (χ1) is 10.3. The van der Waals surface area contributed by atoms with Crippen LogP contribution in [0.4, 0.5) is 0 Å². The predicted octanol–water partition coefficient (Wildman–Crippen LogP) is 2.41. The van der Waals surface area contributed by atoms with Gasteiger partial charge >= 0.3 is 0 Å². The van der Waals surface area contributed by atoms with Gasteiger partial charge in [0, 0.05) is 38.1 Å². The van der Waals surface area contributed by atoms with Gasteiger partial charge in [-0.05, 0) is 50.9 Å². The second-order valence-electron chi connectivity index (χ2n) is 6.23. The Balaban J connectivity index is 1.43. The van der Waals surface area contributed by atoms with Crippen LogP contribution in [0.1, 0.15) is 32.6 Å². The number of aromatic nitrogens is 1. The molecule has 4 nitrogen and oxygen atoms in total. The van der Waals surface area contributed by atoms with Crippen LogP contribution in [-0.2, 0) is 0 Å². The maximum atomic E-state index is 6.04. The van der Waals surface area contributed by atoms with Crippen LogP contribution >= 0.6 is 0 Å². The highest BCUT2D eigenvalue weighted by molar-refractivity contribution is 5.17. The Morgan fingerprint density at radius 1 is 1.14 bits per heavy atom. The van der Waals surface area contributed by atoms with E-state index in [1.54, 1.807) is 12.4 Å². The lowest BCUT2D eigenvalue weighted by atomic mass is 10.1. The summed E-state index contributed by atoms with van der Waals surface area (Å²) < 4.78 is 6.04. The molecule has 1 aromatic rings. The van der Waals surface area contributed by atoms with Crippen LogP contribution in [0, 0.1) is 0 Å². The maximum absolute atomic E-state index is 6.04. The lowest BCUT2D eigenvalue weighted by molar-refractivity contribution is 0.0838. The van der Waals surface area contributed by atoms with Crippen molar-refractivity contribution in [2.24, 2.45) is 0 Å². The van der Waals surface area contributed by atoms with E-state index in [4.69, 9.17) is 4.74 Å². The standard InChI is InChI=1S/C17H27N3O/c1-2-20-11-3-4-15(20)14-19-12-7-17(8-13-19)21-16-5-9-18-10-6-16/h5-6,9-10,15,17H,2-4,7-8,11-14H2,1H3. The smallest absolute Gasteiger partial charge is 0.122 e. The van der Waals surface area contributed by atoms with Crippen LogP contribution < -0.4 is 4.74 Å². The molecule has 2 fully saturated rings. The summed E-state index contributed by atoms with van der Waals surface area (Å²) >= 11 is 0. The van der Waals surface area contributed by atoms with Crippen molar-refractivity contribution in [3.63, 3.8) is 0 Å². The molecule has 0 amide bonds. The third kappa shape index (κ3) is 3.95. The number of ether oxygens (including phenoxy) is 1. The zero-order valence-electron chi connectivity index (χ0n) is 13.1. The van der Waals surface area contributed by atoms with Crippen molar-refractivity contribution in [3.8, 4) is 5.75 Å². The summed E-state index contributed by atoms with van der Waals surface area (Å²) in [6.07, 6.45) is 8.99. The second-order valence-corrected chi connectivity index (χ2v) is 6.23. The molecule has 21 heavy (non-hydrogen) atoms. The lowest BCUT2D eigenvalue weighted by Gasteiger charge is -2.35. The maximum Gasteiger partial charge on any atom is 0.122 e. The fourth-order valence-corrected chi connectivity index (χ4v) is 3.64. The SMILES string of the molecule is CCN1CCCC1CN1CCC(Oc2ccncc2)CC1. The largest absolute Gasteiger partial charge is 0.490 e. The summed E-state index contributed by atoms with van der Waals surface area (Å²) in [6.45, 7) is 8.37. The van der Waals surface area contributed by atoms with Gasteiger partial charge in [-0.25, -0.2) is 0 Å². The summed E-state index contributed by atoms with van der Waals surface area (Å²) in [6, 6.07) is 4.68. The van der Waals surface area contributed by atoms with Gasteiger partial charge in [0.05, 0.1) is 0 Å². The zero-order chi connectivity index (χ0) is 14.5. The van der Waals surface area contributed by atoms with Gasteiger partial charge in [0.1, 0.15) is 11.9 Å². The Kier molecular flexibility index (Phi) is 5.09. The van der Waals surface area contributed by atoms with E-state index in [1.165, 1.54) is 45.6 Å². The minimum Gasteiger partial charge on any atom is -0.490 e. The van der Waals surface area contributed by atoms with Gasteiger partial charge in [0.25, 0.3) is 0 Å². The number of hydrogen-bond acceptors (Lipinski definition) is 4. The second kappa shape index (κ2) is 7.23. The number of hydrogen-bond donors (Lipinski definition) is 0. The fourth-order valence-electron chi connectivity index (χ4n) is 3.64. The molecule has 0 N–H and O–H groups in total. The first kappa shape index (κ1) is 14.8. The molecule has 2 aliphatic heterocycles. The van der Waals surface area contributed by atoms with Crippen LogP contribution in [0.5, 0.6) is 5.75 Å². The average molecular weight is 289 g/mol. The van der Waals surface area contributed by atoms with Crippen molar-refractivity contribution in [2.45, 2.75) is 44.8 Å². The number of likely N-dealkylation sites (tertiary alicyclic amines) is 2. The van der Waals surface area contributed by atoms with E-state index in [-0.39, 0.29) is 0 Å². The molecule has 1 unspecified atom stereocenters. The van der Waals surface area contributed by atoms with Gasteiger partial charge < -0.3 is 9.64 Å². The van der Waals surface area contributed by atoms with Crippen molar-refractivity contribution in [1.29, 1.82) is 0 Å². The number of pyridine rings is 1. The molecular formula is C17H27N3O. The van der Waals surface area contributed by atoms with Crippen molar-refractivity contribution >= 4 is 0 Å². The van der Waals surface area contributed by atoms with E-state index >= 15 is 0 Å².